The van der Waals surface area contributed by atoms with Crippen LogP contribution in [0, 0.1) is 0 Å². The zero-order valence-electron chi connectivity index (χ0n) is 24.4. The molecule has 0 radical (unpaired) electrons. The Bertz CT molecular complexity index is 2670. The van der Waals surface area contributed by atoms with Crippen molar-refractivity contribution in [1.29, 1.82) is 0 Å². The van der Waals surface area contributed by atoms with Gasteiger partial charge in [0.05, 0.1) is 0 Å². The first-order valence-corrected chi connectivity index (χ1v) is 15.5. The van der Waals surface area contributed by atoms with Gasteiger partial charge in [-0.1, -0.05) is 127 Å². The van der Waals surface area contributed by atoms with Crippen LogP contribution in [0.4, 0.5) is 0 Å². The Morgan fingerprint density at radius 2 is 0.956 bits per heavy atom. The minimum absolute atomic E-state index is 0.904. The SMILES string of the molecule is c1ccc2c(-c3c4ccccc4cc4ccc5ccc(-c6ccc7c(c6)-c6cccc8cccc(c68)O7)cc5c34)cccc2c1. The van der Waals surface area contributed by atoms with E-state index in [-0.39, 0.29) is 0 Å². The second kappa shape index (κ2) is 9.29. The molecule has 10 rings (SSSR count). The van der Waals surface area contributed by atoms with Crippen LogP contribution in [-0.4, -0.2) is 0 Å². The van der Waals surface area contributed by atoms with Gasteiger partial charge in [-0.25, -0.2) is 0 Å². The monoisotopic (exact) mass is 570 g/mol. The van der Waals surface area contributed by atoms with Crippen LogP contribution < -0.4 is 4.74 Å². The van der Waals surface area contributed by atoms with Gasteiger partial charge < -0.3 is 4.74 Å². The predicted octanol–water partition coefficient (Wildman–Crippen LogP) is 12.6. The van der Waals surface area contributed by atoms with Crippen LogP contribution in [0.5, 0.6) is 11.5 Å². The summed E-state index contributed by atoms with van der Waals surface area (Å²) in [5.41, 5.74) is 7.30. The van der Waals surface area contributed by atoms with Crippen molar-refractivity contribution < 1.29 is 4.74 Å². The molecule has 0 saturated carbocycles. The number of fused-ring (bicyclic) bond motifs is 7. The molecule has 0 amide bonds. The van der Waals surface area contributed by atoms with Gasteiger partial charge in [0.25, 0.3) is 0 Å². The van der Waals surface area contributed by atoms with Gasteiger partial charge in [0.2, 0.25) is 0 Å². The molecule has 0 N–H and O–H groups in total. The van der Waals surface area contributed by atoms with Crippen LogP contribution in [0.15, 0.2) is 158 Å². The summed E-state index contributed by atoms with van der Waals surface area (Å²) in [4.78, 5) is 0. The van der Waals surface area contributed by atoms with E-state index in [1.54, 1.807) is 0 Å². The third-order valence-electron chi connectivity index (χ3n) is 9.59. The van der Waals surface area contributed by atoms with Crippen LogP contribution in [0.3, 0.4) is 0 Å². The highest BCUT2D eigenvalue weighted by molar-refractivity contribution is 6.24. The number of benzene rings is 9. The molecule has 0 aromatic heterocycles. The van der Waals surface area contributed by atoms with E-state index < -0.39 is 0 Å². The zero-order chi connectivity index (χ0) is 29.5. The Kier molecular flexibility index (Phi) is 5.06. The maximum absolute atomic E-state index is 6.41. The summed E-state index contributed by atoms with van der Waals surface area (Å²) in [7, 11) is 0. The Hall–Kier alpha value is -5.92. The van der Waals surface area contributed by atoms with Gasteiger partial charge in [0.15, 0.2) is 0 Å². The van der Waals surface area contributed by atoms with Crippen LogP contribution in [0.25, 0.3) is 87.2 Å². The fraction of sp³-hybridized carbons (Fsp3) is 0. The molecular weight excluding hydrogens is 544 g/mol. The first kappa shape index (κ1) is 24.5. The van der Waals surface area contributed by atoms with E-state index in [1.165, 1.54) is 81.7 Å². The van der Waals surface area contributed by atoms with Crippen LogP contribution in [0.2, 0.25) is 0 Å². The molecule has 0 bridgehead atoms. The van der Waals surface area contributed by atoms with Gasteiger partial charge >= 0.3 is 0 Å². The molecule has 1 heteroatoms. The molecule has 208 valence electrons. The van der Waals surface area contributed by atoms with Gasteiger partial charge in [0, 0.05) is 10.9 Å². The summed E-state index contributed by atoms with van der Waals surface area (Å²) in [6.07, 6.45) is 0. The largest absolute Gasteiger partial charge is 0.456 e. The second-order valence-corrected chi connectivity index (χ2v) is 12.1. The third kappa shape index (κ3) is 3.62. The van der Waals surface area contributed by atoms with Gasteiger partial charge in [-0.3, -0.25) is 0 Å². The Labute approximate surface area is 260 Å². The molecule has 1 aliphatic rings. The van der Waals surface area contributed by atoms with E-state index in [9.17, 15) is 0 Å². The maximum atomic E-state index is 6.41. The van der Waals surface area contributed by atoms with E-state index in [2.05, 4.69) is 158 Å². The van der Waals surface area contributed by atoms with E-state index >= 15 is 0 Å². The lowest BCUT2D eigenvalue weighted by Gasteiger charge is -2.22. The smallest absolute Gasteiger partial charge is 0.135 e. The third-order valence-corrected chi connectivity index (χ3v) is 9.59. The summed E-state index contributed by atoms with van der Waals surface area (Å²) in [6.45, 7) is 0. The van der Waals surface area contributed by atoms with Crippen molar-refractivity contribution in [3.05, 3.63) is 158 Å². The van der Waals surface area contributed by atoms with Crippen molar-refractivity contribution >= 4 is 53.9 Å². The molecule has 9 aromatic rings. The Balaban J connectivity index is 1.26. The Morgan fingerprint density at radius 3 is 1.87 bits per heavy atom. The van der Waals surface area contributed by atoms with Crippen molar-refractivity contribution in [3.8, 4) is 44.9 Å². The molecular formula is C44H26O. The van der Waals surface area contributed by atoms with Crippen molar-refractivity contribution in [3.63, 3.8) is 0 Å². The predicted molar refractivity (Wildman–Crippen MR) is 190 cm³/mol. The fourth-order valence-corrected chi connectivity index (χ4v) is 7.53. The van der Waals surface area contributed by atoms with E-state index in [1.807, 2.05) is 0 Å². The van der Waals surface area contributed by atoms with Crippen molar-refractivity contribution in [2.45, 2.75) is 0 Å². The molecule has 0 saturated heterocycles. The minimum Gasteiger partial charge on any atom is -0.456 e. The number of rotatable bonds is 2. The lowest BCUT2D eigenvalue weighted by molar-refractivity contribution is 0.487. The summed E-state index contributed by atoms with van der Waals surface area (Å²) in [5.74, 6) is 1.83. The van der Waals surface area contributed by atoms with Gasteiger partial charge in [-0.15, -0.1) is 0 Å². The maximum Gasteiger partial charge on any atom is 0.135 e. The average molecular weight is 571 g/mol. The van der Waals surface area contributed by atoms with Gasteiger partial charge in [-0.2, -0.15) is 0 Å². The highest BCUT2D eigenvalue weighted by Crippen LogP contribution is 2.48. The van der Waals surface area contributed by atoms with Crippen molar-refractivity contribution in [2.75, 3.05) is 0 Å². The standard InChI is InChI=1S/C44H26O/c1-3-13-34-27(8-1)10-5-15-36(34)44-35-14-4-2-9-32(35)24-33-21-19-28-18-20-30(25-38(28)43(33)44)31-22-23-40-39(26-31)37-16-6-11-29-12-7-17-41(45-40)42(29)37/h1-26H. The second-order valence-electron chi connectivity index (χ2n) is 12.1. The van der Waals surface area contributed by atoms with E-state index in [4.69, 9.17) is 4.74 Å². The van der Waals surface area contributed by atoms with Crippen molar-refractivity contribution in [2.24, 2.45) is 0 Å². The molecule has 1 heterocycles. The number of hydrogen-bond donors (Lipinski definition) is 0. The van der Waals surface area contributed by atoms with Crippen LogP contribution in [-0.2, 0) is 0 Å². The molecule has 0 fully saturated rings. The quantitative estimate of drug-likeness (QED) is 0.148. The first-order valence-electron chi connectivity index (χ1n) is 15.5. The molecule has 0 spiro atoms. The lowest BCUT2D eigenvalue weighted by Crippen LogP contribution is -1.97. The topological polar surface area (TPSA) is 9.23 Å². The average Bonchev–Trinajstić information content (AvgIpc) is 3.10. The number of hydrogen-bond acceptors (Lipinski definition) is 1. The summed E-state index contributed by atoms with van der Waals surface area (Å²) in [5, 5.41) is 12.5. The van der Waals surface area contributed by atoms with Gasteiger partial charge in [0.1, 0.15) is 11.5 Å². The lowest BCUT2D eigenvalue weighted by atomic mass is 9.86. The van der Waals surface area contributed by atoms with Crippen molar-refractivity contribution in [1.82, 2.24) is 0 Å². The van der Waals surface area contributed by atoms with Crippen LogP contribution >= 0.6 is 0 Å². The summed E-state index contributed by atoms with van der Waals surface area (Å²) < 4.78 is 6.41. The highest BCUT2D eigenvalue weighted by atomic mass is 16.5. The van der Waals surface area contributed by atoms with E-state index in [0.29, 0.717) is 0 Å². The zero-order valence-corrected chi connectivity index (χ0v) is 24.4. The number of ether oxygens (including phenoxy) is 1. The molecule has 0 atom stereocenters. The molecule has 1 nitrogen and oxygen atoms in total. The first-order chi connectivity index (χ1) is 22.3. The van der Waals surface area contributed by atoms with E-state index in [0.717, 1.165) is 17.1 Å². The highest BCUT2D eigenvalue weighted by Gasteiger charge is 2.21. The Morgan fingerprint density at radius 1 is 0.311 bits per heavy atom. The molecule has 9 aromatic carbocycles. The summed E-state index contributed by atoms with van der Waals surface area (Å²) >= 11 is 0. The normalized spacial score (nSPS) is 12.2. The minimum atomic E-state index is 0.904. The van der Waals surface area contributed by atoms with Gasteiger partial charge in [-0.05, 0) is 107 Å². The molecule has 0 aliphatic carbocycles. The summed E-state index contributed by atoms with van der Waals surface area (Å²) in [6, 6.07) is 57.5. The molecule has 0 unspecified atom stereocenters. The van der Waals surface area contributed by atoms with Crippen LogP contribution in [0.1, 0.15) is 0 Å². The fourth-order valence-electron chi connectivity index (χ4n) is 7.53. The molecule has 45 heavy (non-hydrogen) atoms. The molecule has 1 aliphatic heterocycles.